The van der Waals surface area contributed by atoms with Gasteiger partial charge in [-0.05, 0) is 13.0 Å². The second-order valence-electron chi connectivity index (χ2n) is 2.67. The molecule has 0 fully saturated rings. The zero-order valence-electron chi connectivity index (χ0n) is 7.32. The summed E-state index contributed by atoms with van der Waals surface area (Å²) in [5.74, 6) is -0.0615. The molecule has 2 unspecified atom stereocenters. The molecule has 3 nitrogen and oxygen atoms in total. The van der Waals surface area contributed by atoms with Gasteiger partial charge in [-0.15, -0.1) is 0 Å². The summed E-state index contributed by atoms with van der Waals surface area (Å²) >= 11 is 0. The summed E-state index contributed by atoms with van der Waals surface area (Å²) in [5.41, 5.74) is -0.456. The number of hydrogen-bond donors (Lipinski definition) is 0. The van der Waals surface area contributed by atoms with Gasteiger partial charge in [0.2, 0.25) is 7.37 Å². The first-order chi connectivity index (χ1) is 5.64. The number of allylic oxidation sites excluding steroid dienone is 2. The minimum absolute atomic E-state index is 0.0615. The molecule has 0 radical (unpaired) electrons. The van der Waals surface area contributed by atoms with Gasteiger partial charge < -0.3 is 4.52 Å². The molecule has 68 valence electrons. The van der Waals surface area contributed by atoms with Crippen molar-refractivity contribution in [3.8, 4) is 0 Å². The van der Waals surface area contributed by atoms with Crippen LogP contribution in [0.3, 0.4) is 0 Å². The molecule has 0 saturated carbocycles. The monoisotopic (exact) mass is 188 g/mol. The first kappa shape index (κ1) is 9.69. The van der Waals surface area contributed by atoms with Crippen LogP contribution in [0.5, 0.6) is 0 Å². The van der Waals surface area contributed by atoms with E-state index in [1.807, 2.05) is 0 Å². The van der Waals surface area contributed by atoms with Crippen LogP contribution in [0.4, 0.5) is 0 Å². The molecule has 0 spiro atoms. The Morgan fingerprint density at radius 3 is 2.50 bits per heavy atom. The highest BCUT2D eigenvalue weighted by Gasteiger charge is 2.38. The smallest absolute Gasteiger partial charge is 0.217 e. The summed E-state index contributed by atoms with van der Waals surface area (Å²) in [6.45, 7) is 3.98. The number of ketones is 1. The van der Waals surface area contributed by atoms with Crippen molar-refractivity contribution < 1.29 is 13.9 Å². The van der Waals surface area contributed by atoms with E-state index in [0.29, 0.717) is 12.8 Å². The van der Waals surface area contributed by atoms with Gasteiger partial charge in [0.1, 0.15) is 5.66 Å². The molecule has 0 N–H and O–H groups in total. The lowest BCUT2D eigenvalue weighted by molar-refractivity contribution is -0.114. The van der Waals surface area contributed by atoms with Crippen LogP contribution in [0.25, 0.3) is 0 Å². The van der Waals surface area contributed by atoms with Crippen LogP contribution in [0.15, 0.2) is 12.2 Å². The van der Waals surface area contributed by atoms with Crippen molar-refractivity contribution in [3.05, 3.63) is 12.2 Å². The number of carbonyl (C=O) groups excluding carboxylic acids is 1. The first-order valence-corrected chi connectivity index (χ1v) is 5.97. The average Bonchev–Trinajstić information content (AvgIpc) is 2.02. The number of hydrogen-bond acceptors (Lipinski definition) is 3. The summed E-state index contributed by atoms with van der Waals surface area (Å²) in [5, 5.41) is 0. The fourth-order valence-electron chi connectivity index (χ4n) is 1.17. The first-order valence-electron chi connectivity index (χ1n) is 4.09. The molecule has 2 atom stereocenters. The second kappa shape index (κ2) is 3.55. The van der Waals surface area contributed by atoms with E-state index in [4.69, 9.17) is 4.52 Å². The van der Waals surface area contributed by atoms with E-state index >= 15 is 0 Å². The molecule has 0 aliphatic heterocycles. The maximum absolute atomic E-state index is 11.9. The highest BCUT2D eigenvalue weighted by molar-refractivity contribution is 7.61. The Morgan fingerprint density at radius 1 is 1.58 bits per heavy atom. The third kappa shape index (κ3) is 1.52. The summed E-state index contributed by atoms with van der Waals surface area (Å²) in [6.07, 6.45) is 3.55. The third-order valence-corrected chi connectivity index (χ3v) is 4.80. The maximum Gasteiger partial charge on any atom is 0.217 e. The maximum atomic E-state index is 11.9. The van der Waals surface area contributed by atoms with Crippen molar-refractivity contribution >= 4 is 13.2 Å². The molecule has 0 amide bonds. The van der Waals surface area contributed by atoms with Crippen LogP contribution >= 0.6 is 7.37 Å². The molecule has 1 aliphatic rings. The molecule has 0 aromatic heterocycles. The lowest BCUT2D eigenvalue weighted by Crippen LogP contribution is -2.26. The molecular weight excluding hydrogens is 175 g/mol. The van der Waals surface area contributed by atoms with Gasteiger partial charge in [-0.2, -0.15) is 0 Å². The van der Waals surface area contributed by atoms with Crippen molar-refractivity contribution in [2.75, 3.05) is 12.8 Å². The lowest BCUT2D eigenvalue weighted by Gasteiger charge is -2.25. The molecule has 0 saturated heterocycles. The Hall–Kier alpha value is -0.400. The molecule has 0 heterocycles. The Morgan fingerprint density at radius 2 is 2.25 bits per heavy atom. The van der Waals surface area contributed by atoms with Gasteiger partial charge in [-0.25, -0.2) is 0 Å². The molecule has 0 bridgehead atoms. The largest absolute Gasteiger partial charge is 0.328 e. The lowest BCUT2D eigenvalue weighted by atomic mass is 10.1. The van der Waals surface area contributed by atoms with Crippen LogP contribution in [0.2, 0.25) is 0 Å². The SMILES string of the molecule is CCOP(=O)(CC)C1C=CC1=O. The van der Waals surface area contributed by atoms with Gasteiger partial charge in [0, 0.05) is 6.16 Å². The van der Waals surface area contributed by atoms with Crippen LogP contribution in [-0.4, -0.2) is 24.2 Å². The van der Waals surface area contributed by atoms with Crippen molar-refractivity contribution in [1.29, 1.82) is 0 Å². The Labute approximate surface area is 72.2 Å². The molecule has 12 heavy (non-hydrogen) atoms. The zero-order chi connectivity index (χ0) is 9.19. The van der Waals surface area contributed by atoms with Gasteiger partial charge in [0.25, 0.3) is 0 Å². The Kier molecular flexibility index (Phi) is 2.86. The van der Waals surface area contributed by atoms with Gasteiger partial charge in [0.05, 0.1) is 6.61 Å². The van der Waals surface area contributed by atoms with Crippen LogP contribution in [0, 0.1) is 0 Å². The number of rotatable bonds is 4. The fourth-order valence-corrected chi connectivity index (χ4v) is 3.17. The van der Waals surface area contributed by atoms with Crippen LogP contribution in [0.1, 0.15) is 13.8 Å². The van der Waals surface area contributed by atoms with E-state index < -0.39 is 13.0 Å². The Bertz CT molecular complexity index is 257. The summed E-state index contributed by atoms with van der Waals surface area (Å²) in [6, 6.07) is 0. The van der Waals surface area contributed by atoms with E-state index in [-0.39, 0.29) is 5.78 Å². The van der Waals surface area contributed by atoms with Crippen molar-refractivity contribution in [2.24, 2.45) is 0 Å². The predicted octanol–water partition coefficient (Wildman–Crippen LogP) is 1.83. The van der Waals surface area contributed by atoms with Crippen LogP contribution in [-0.2, 0) is 13.9 Å². The molecule has 0 aromatic rings. The van der Waals surface area contributed by atoms with E-state index in [0.717, 1.165) is 0 Å². The van der Waals surface area contributed by atoms with Gasteiger partial charge in [-0.1, -0.05) is 13.0 Å². The minimum Gasteiger partial charge on any atom is -0.328 e. The summed E-state index contributed by atoms with van der Waals surface area (Å²) < 4.78 is 17.0. The quantitative estimate of drug-likeness (QED) is 0.632. The highest BCUT2D eigenvalue weighted by Crippen LogP contribution is 2.54. The highest BCUT2D eigenvalue weighted by atomic mass is 31.2. The summed E-state index contributed by atoms with van der Waals surface area (Å²) in [7, 11) is -2.70. The van der Waals surface area contributed by atoms with Gasteiger partial charge in [0.15, 0.2) is 5.78 Å². The molecule has 4 heteroatoms. The topological polar surface area (TPSA) is 43.4 Å². The second-order valence-corrected chi connectivity index (χ2v) is 5.57. The zero-order valence-corrected chi connectivity index (χ0v) is 8.21. The Balaban J connectivity index is 2.74. The van der Waals surface area contributed by atoms with Gasteiger partial charge in [-0.3, -0.25) is 9.36 Å². The van der Waals surface area contributed by atoms with E-state index in [1.165, 1.54) is 6.08 Å². The molecule has 1 rings (SSSR count). The third-order valence-electron chi connectivity index (χ3n) is 1.95. The van der Waals surface area contributed by atoms with Gasteiger partial charge >= 0.3 is 0 Å². The van der Waals surface area contributed by atoms with Crippen LogP contribution < -0.4 is 0 Å². The van der Waals surface area contributed by atoms with E-state index in [2.05, 4.69) is 0 Å². The van der Waals surface area contributed by atoms with Crippen molar-refractivity contribution in [1.82, 2.24) is 0 Å². The summed E-state index contributed by atoms with van der Waals surface area (Å²) in [4.78, 5) is 11.0. The molecule has 0 aromatic carbocycles. The van der Waals surface area contributed by atoms with E-state index in [9.17, 15) is 9.36 Å². The average molecular weight is 188 g/mol. The standard InChI is InChI=1S/C8H13O3P/c1-3-11-12(10,4-2)8-6-5-7(8)9/h5-6,8H,3-4H2,1-2H3. The van der Waals surface area contributed by atoms with E-state index in [1.54, 1.807) is 19.9 Å². The van der Waals surface area contributed by atoms with Crippen molar-refractivity contribution in [2.45, 2.75) is 19.5 Å². The fraction of sp³-hybridized carbons (Fsp3) is 0.625. The number of carbonyl (C=O) groups is 1. The minimum atomic E-state index is -2.70. The van der Waals surface area contributed by atoms with Crippen molar-refractivity contribution in [3.63, 3.8) is 0 Å². The molecule has 1 aliphatic carbocycles. The molecular formula is C8H13O3P. The normalized spacial score (nSPS) is 26.5. The predicted molar refractivity (Wildman–Crippen MR) is 47.7 cm³/mol.